The van der Waals surface area contributed by atoms with Crippen LogP contribution in [0.2, 0.25) is 0 Å². The molecule has 33 heavy (non-hydrogen) atoms. The summed E-state index contributed by atoms with van der Waals surface area (Å²) >= 11 is 3.43. The first-order valence-corrected chi connectivity index (χ1v) is 12.5. The number of aliphatic carboxylic acids is 1. The monoisotopic (exact) mass is 529 g/mol. The van der Waals surface area contributed by atoms with E-state index in [4.69, 9.17) is 0 Å². The van der Waals surface area contributed by atoms with Crippen LogP contribution in [0.5, 0.6) is 0 Å². The third-order valence-corrected chi connectivity index (χ3v) is 8.04. The Morgan fingerprint density at radius 3 is 2.33 bits per heavy atom. The molecule has 1 N–H and O–H groups in total. The molecule has 0 spiro atoms. The van der Waals surface area contributed by atoms with Gasteiger partial charge in [0.05, 0.1) is 22.6 Å². The summed E-state index contributed by atoms with van der Waals surface area (Å²) in [5.41, 5.74) is 1.73. The molecule has 0 amide bonds. The first-order chi connectivity index (χ1) is 15.7. The molecular weight excluding hydrogens is 509 g/mol. The minimum Gasteiger partial charge on any atom is -0.478 e. The third kappa shape index (κ3) is 4.64. The molecule has 0 radical (unpaired) electrons. The van der Waals surface area contributed by atoms with Gasteiger partial charge in [0, 0.05) is 4.47 Å². The van der Waals surface area contributed by atoms with Crippen molar-refractivity contribution in [1.82, 2.24) is 4.31 Å². The number of halogens is 2. The summed E-state index contributed by atoms with van der Waals surface area (Å²) in [6.45, 7) is 1.85. The van der Waals surface area contributed by atoms with E-state index in [-0.39, 0.29) is 22.5 Å². The molecule has 1 heterocycles. The van der Waals surface area contributed by atoms with Crippen molar-refractivity contribution in [2.75, 3.05) is 0 Å². The molecule has 0 aromatic heterocycles. The minimum atomic E-state index is -4.17. The van der Waals surface area contributed by atoms with E-state index < -0.39 is 33.9 Å². The summed E-state index contributed by atoms with van der Waals surface area (Å²) in [5, 5.41) is 9.94. The number of aryl methyl sites for hydroxylation is 1. The quantitative estimate of drug-likeness (QED) is 0.454. The van der Waals surface area contributed by atoms with Crippen LogP contribution in [0.3, 0.4) is 0 Å². The maximum absolute atomic E-state index is 14.2. The van der Waals surface area contributed by atoms with Crippen LogP contribution in [-0.2, 0) is 14.8 Å². The van der Waals surface area contributed by atoms with Crippen LogP contribution >= 0.6 is 15.9 Å². The lowest BCUT2D eigenvalue weighted by molar-refractivity contribution is -0.133. The van der Waals surface area contributed by atoms with Crippen LogP contribution in [0.15, 0.2) is 93.8 Å². The van der Waals surface area contributed by atoms with Crippen LogP contribution < -0.4 is 0 Å². The van der Waals surface area contributed by atoms with Crippen molar-refractivity contribution in [2.45, 2.75) is 30.3 Å². The molecular formula is C25H21BrFNO4S. The van der Waals surface area contributed by atoms with Crippen molar-refractivity contribution in [2.24, 2.45) is 0 Å². The van der Waals surface area contributed by atoms with Crippen molar-refractivity contribution >= 4 is 31.9 Å². The van der Waals surface area contributed by atoms with Crippen LogP contribution in [0.4, 0.5) is 4.39 Å². The Morgan fingerprint density at radius 2 is 1.70 bits per heavy atom. The highest BCUT2D eigenvalue weighted by Crippen LogP contribution is 2.46. The van der Waals surface area contributed by atoms with Crippen LogP contribution in [-0.4, -0.2) is 23.8 Å². The zero-order valence-electron chi connectivity index (χ0n) is 17.7. The van der Waals surface area contributed by atoms with Gasteiger partial charge in [-0.25, -0.2) is 17.6 Å². The highest BCUT2D eigenvalue weighted by atomic mass is 79.9. The number of rotatable bonds is 5. The number of nitrogens with zero attached hydrogens (tertiary/aromatic N) is 1. The normalized spacial score (nSPS) is 19.2. The van der Waals surface area contributed by atoms with Crippen LogP contribution in [0.1, 0.15) is 35.2 Å². The maximum Gasteiger partial charge on any atom is 0.333 e. The standard InChI is InChI=1S/C25H21BrFNO4S/c1-16-8-10-21(11-9-16)33(31,32)28-23(17-4-2-6-19(26)14-17)13-12-22(25(29)30)24(28)18-5-3-7-20(27)15-18/h2-12,14-15,23-24H,13H2,1H3,(H,29,30)/t23-,24-/m0/s1. The van der Waals surface area contributed by atoms with Gasteiger partial charge in [-0.2, -0.15) is 4.31 Å². The van der Waals surface area contributed by atoms with E-state index in [9.17, 15) is 22.7 Å². The lowest BCUT2D eigenvalue weighted by Gasteiger charge is -2.40. The SMILES string of the molecule is Cc1ccc(S(=O)(=O)N2[C@@H](c3cccc(F)c3)C(C(=O)O)=CC[C@H]2c2cccc(Br)c2)cc1. The molecule has 8 heteroatoms. The zero-order valence-corrected chi connectivity index (χ0v) is 20.1. The molecule has 1 aliphatic heterocycles. The summed E-state index contributed by atoms with van der Waals surface area (Å²) in [6, 6.07) is 17.1. The summed E-state index contributed by atoms with van der Waals surface area (Å²) in [4.78, 5) is 12.2. The summed E-state index contributed by atoms with van der Waals surface area (Å²) in [5.74, 6) is -1.82. The number of benzene rings is 3. The van der Waals surface area contributed by atoms with Gasteiger partial charge in [0.25, 0.3) is 0 Å². The Labute approximate surface area is 200 Å². The first-order valence-electron chi connectivity index (χ1n) is 10.2. The first kappa shape index (κ1) is 23.4. The van der Waals surface area contributed by atoms with Gasteiger partial charge in [0.15, 0.2) is 0 Å². The van der Waals surface area contributed by atoms with Crippen molar-refractivity contribution < 1.29 is 22.7 Å². The number of hydrogen-bond donors (Lipinski definition) is 1. The van der Waals surface area contributed by atoms with E-state index in [1.165, 1.54) is 40.7 Å². The Balaban J connectivity index is 1.98. The fourth-order valence-electron chi connectivity index (χ4n) is 4.11. The molecule has 170 valence electrons. The van der Waals surface area contributed by atoms with E-state index in [1.807, 2.05) is 19.1 Å². The second-order valence-corrected chi connectivity index (χ2v) is 10.6. The average Bonchev–Trinajstić information content (AvgIpc) is 2.78. The second kappa shape index (κ2) is 9.21. The summed E-state index contributed by atoms with van der Waals surface area (Å²) in [7, 11) is -4.17. The number of carbonyl (C=O) groups is 1. The fraction of sp³-hybridized carbons (Fsp3) is 0.160. The van der Waals surface area contributed by atoms with Gasteiger partial charge < -0.3 is 5.11 Å². The number of carboxylic acids is 1. The minimum absolute atomic E-state index is 0.0427. The van der Waals surface area contributed by atoms with E-state index in [2.05, 4.69) is 15.9 Å². The molecule has 0 aliphatic carbocycles. The molecule has 1 aliphatic rings. The molecule has 3 aromatic rings. The Kier molecular flexibility index (Phi) is 6.52. The lowest BCUT2D eigenvalue weighted by atomic mass is 9.89. The number of hydrogen-bond acceptors (Lipinski definition) is 3. The molecule has 5 nitrogen and oxygen atoms in total. The maximum atomic E-state index is 14.2. The second-order valence-electron chi connectivity index (χ2n) is 7.88. The molecule has 4 rings (SSSR count). The number of carboxylic acid groups (broad SMARTS) is 1. The zero-order chi connectivity index (χ0) is 23.8. The van der Waals surface area contributed by atoms with Gasteiger partial charge in [-0.05, 0) is 60.9 Å². The highest BCUT2D eigenvalue weighted by molar-refractivity contribution is 9.10. The smallest absolute Gasteiger partial charge is 0.333 e. The Hall–Kier alpha value is -2.81. The Morgan fingerprint density at radius 1 is 1.03 bits per heavy atom. The van der Waals surface area contributed by atoms with Crippen molar-refractivity contribution in [3.63, 3.8) is 0 Å². The molecule has 2 atom stereocenters. The predicted molar refractivity (Wildman–Crippen MR) is 127 cm³/mol. The number of sulfonamides is 1. The molecule has 0 saturated heterocycles. The van der Waals surface area contributed by atoms with Gasteiger partial charge in [-0.1, -0.05) is 64.0 Å². The van der Waals surface area contributed by atoms with E-state index in [0.717, 1.165) is 10.0 Å². The van der Waals surface area contributed by atoms with E-state index in [0.29, 0.717) is 5.56 Å². The largest absolute Gasteiger partial charge is 0.478 e. The fourth-order valence-corrected chi connectivity index (χ4v) is 6.31. The third-order valence-electron chi connectivity index (χ3n) is 5.66. The molecule has 0 fully saturated rings. The lowest BCUT2D eigenvalue weighted by Crippen LogP contribution is -2.42. The van der Waals surface area contributed by atoms with Gasteiger partial charge in [0.2, 0.25) is 10.0 Å². The van der Waals surface area contributed by atoms with Crippen LogP contribution in [0.25, 0.3) is 0 Å². The molecule has 0 unspecified atom stereocenters. The molecule has 3 aromatic carbocycles. The van der Waals surface area contributed by atoms with E-state index in [1.54, 1.807) is 30.3 Å². The van der Waals surface area contributed by atoms with Crippen molar-refractivity contribution in [1.29, 1.82) is 0 Å². The summed E-state index contributed by atoms with van der Waals surface area (Å²) in [6.07, 6.45) is 1.69. The topological polar surface area (TPSA) is 74.7 Å². The predicted octanol–water partition coefficient (Wildman–Crippen LogP) is 5.78. The van der Waals surface area contributed by atoms with Gasteiger partial charge in [-0.15, -0.1) is 0 Å². The van der Waals surface area contributed by atoms with Crippen molar-refractivity contribution in [3.8, 4) is 0 Å². The van der Waals surface area contributed by atoms with Crippen LogP contribution in [0, 0.1) is 12.7 Å². The molecule has 0 saturated carbocycles. The average molecular weight is 530 g/mol. The highest BCUT2D eigenvalue weighted by Gasteiger charge is 2.44. The van der Waals surface area contributed by atoms with Crippen molar-refractivity contribution in [3.05, 3.63) is 111 Å². The van der Waals surface area contributed by atoms with E-state index >= 15 is 0 Å². The van der Waals surface area contributed by atoms with Gasteiger partial charge in [-0.3, -0.25) is 0 Å². The van der Waals surface area contributed by atoms with Gasteiger partial charge >= 0.3 is 5.97 Å². The Bertz CT molecular complexity index is 1340. The van der Waals surface area contributed by atoms with Gasteiger partial charge in [0.1, 0.15) is 5.82 Å². The summed E-state index contributed by atoms with van der Waals surface area (Å²) < 4.78 is 44.2. The molecule has 0 bridgehead atoms.